The molecule has 1 aliphatic rings. The number of carbonyl (C=O) groups excluding carboxylic acids is 1. The summed E-state index contributed by atoms with van der Waals surface area (Å²) in [6.45, 7) is 0.292. The number of carbonyl (C=O) groups is 1. The van der Waals surface area contributed by atoms with Crippen molar-refractivity contribution in [3.8, 4) is 0 Å². The second-order valence-corrected chi connectivity index (χ2v) is 5.63. The third kappa shape index (κ3) is 2.83. The van der Waals surface area contributed by atoms with E-state index in [2.05, 4.69) is 5.32 Å². The molecule has 0 spiro atoms. The molecule has 1 heterocycles. The van der Waals surface area contributed by atoms with Gasteiger partial charge in [0.25, 0.3) is 0 Å². The van der Waals surface area contributed by atoms with Crippen molar-refractivity contribution in [3.63, 3.8) is 0 Å². The van der Waals surface area contributed by atoms with Crippen molar-refractivity contribution in [1.29, 1.82) is 0 Å². The lowest BCUT2D eigenvalue weighted by molar-refractivity contribution is -0.127. The molecule has 108 valence electrons. The van der Waals surface area contributed by atoms with Crippen LogP contribution in [0.25, 0.3) is 0 Å². The summed E-state index contributed by atoms with van der Waals surface area (Å²) in [5, 5.41) is 13.9. The normalized spacial score (nSPS) is 22.1. The molecule has 3 rings (SSSR count). The lowest BCUT2D eigenvalue weighted by atomic mass is 9.73. The molecule has 1 amide bonds. The molecule has 0 aliphatic carbocycles. The topological polar surface area (TPSA) is 49.3 Å². The number of β-amino-alcohol motifs (C(OH)–C–C–N with tert-alkyl or cyclic N) is 1. The molecule has 2 aromatic carbocycles. The molecule has 1 saturated heterocycles. The first-order valence-electron chi connectivity index (χ1n) is 7.28. The summed E-state index contributed by atoms with van der Waals surface area (Å²) in [7, 11) is 0. The number of hydrogen-bond donors (Lipinski definition) is 2. The van der Waals surface area contributed by atoms with Crippen LogP contribution in [0.4, 0.5) is 0 Å². The van der Waals surface area contributed by atoms with Crippen LogP contribution in [0.3, 0.4) is 0 Å². The van der Waals surface area contributed by atoms with Crippen molar-refractivity contribution < 1.29 is 9.90 Å². The van der Waals surface area contributed by atoms with Gasteiger partial charge in [0.15, 0.2) is 0 Å². The number of hydrogen-bond acceptors (Lipinski definition) is 2. The molecule has 1 atom stereocenters. The Morgan fingerprint density at radius 2 is 1.48 bits per heavy atom. The van der Waals surface area contributed by atoms with E-state index < -0.39 is 5.60 Å². The minimum Gasteiger partial charge on any atom is -0.387 e. The van der Waals surface area contributed by atoms with Crippen LogP contribution in [0.2, 0.25) is 0 Å². The van der Waals surface area contributed by atoms with Crippen LogP contribution < -0.4 is 5.32 Å². The maximum absolute atomic E-state index is 11.4. The van der Waals surface area contributed by atoms with Gasteiger partial charge in [-0.05, 0) is 17.5 Å². The Hall–Kier alpha value is -2.13. The standard InChI is InChI=1S/C18H19NO2/c20-16-11-12-18(21,13-19-16)17(14-7-3-1-4-8-14)15-9-5-2-6-10-15/h1-10,17,21H,11-13H2,(H,19,20). The van der Waals surface area contributed by atoms with Gasteiger partial charge < -0.3 is 10.4 Å². The Kier molecular flexibility index (Phi) is 3.76. The zero-order chi connectivity index (χ0) is 14.7. The SMILES string of the molecule is O=C1CCC(O)(C(c2ccccc2)c2ccccc2)CN1. The van der Waals surface area contributed by atoms with Gasteiger partial charge in [-0.25, -0.2) is 0 Å². The van der Waals surface area contributed by atoms with Crippen molar-refractivity contribution >= 4 is 5.91 Å². The summed E-state index contributed by atoms with van der Waals surface area (Å²) < 4.78 is 0. The maximum atomic E-state index is 11.4. The van der Waals surface area contributed by atoms with Crippen molar-refractivity contribution in [2.75, 3.05) is 6.54 Å². The van der Waals surface area contributed by atoms with Crippen molar-refractivity contribution in [3.05, 3.63) is 71.8 Å². The van der Waals surface area contributed by atoms with Crippen LogP contribution in [-0.2, 0) is 4.79 Å². The number of aliphatic hydroxyl groups is 1. The van der Waals surface area contributed by atoms with Gasteiger partial charge in [0.2, 0.25) is 5.91 Å². The predicted molar refractivity (Wildman–Crippen MR) is 81.9 cm³/mol. The van der Waals surface area contributed by atoms with Gasteiger partial charge in [-0.3, -0.25) is 4.79 Å². The van der Waals surface area contributed by atoms with Crippen molar-refractivity contribution in [2.24, 2.45) is 0 Å². The minimum absolute atomic E-state index is 0.0135. The number of piperidine rings is 1. The maximum Gasteiger partial charge on any atom is 0.220 e. The summed E-state index contributed by atoms with van der Waals surface area (Å²) in [5.41, 5.74) is 1.20. The Balaban J connectivity index is 2.03. The highest BCUT2D eigenvalue weighted by atomic mass is 16.3. The van der Waals surface area contributed by atoms with E-state index in [0.29, 0.717) is 19.4 Å². The molecule has 0 bridgehead atoms. The fourth-order valence-corrected chi connectivity index (χ4v) is 3.11. The summed E-state index contributed by atoms with van der Waals surface area (Å²) in [6, 6.07) is 20.0. The first-order chi connectivity index (χ1) is 10.2. The Morgan fingerprint density at radius 1 is 0.952 bits per heavy atom. The summed E-state index contributed by atoms with van der Waals surface area (Å²) >= 11 is 0. The molecule has 3 heteroatoms. The first-order valence-corrected chi connectivity index (χ1v) is 7.28. The second kappa shape index (κ2) is 5.70. The fraction of sp³-hybridized carbons (Fsp3) is 0.278. The largest absolute Gasteiger partial charge is 0.387 e. The predicted octanol–water partition coefficient (Wildman–Crippen LogP) is 2.46. The number of amides is 1. The third-order valence-corrected chi connectivity index (χ3v) is 4.18. The molecule has 3 nitrogen and oxygen atoms in total. The van der Waals surface area contributed by atoms with Gasteiger partial charge in [-0.2, -0.15) is 0 Å². The molecular weight excluding hydrogens is 262 g/mol. The molecule has 2 N–H and O–H groups in total. The summed E-state index contributed by atoms with van der Waals surface area (Å²) in [6.07, 6.45) is 0.847. The van der Waals surface area contributed by atoms with E-state index in [1.807, 2.05) is 60.7 Å². The molecular formula is C18H19NO2. The quantitative estimate of drug-likeness (QED) is 0.908. The molecule has 0 saturated carbocycles. The van der Waals surface area contributed by atoms with E-state index in [4.69, 9.17) is 0 Å². The van der Waals surface area contributed by atoms with E-state index in [9.17, 15) is 9.90 Å². The highest BCUT2D eigenvalue weighted by Crippen LogP contribution is 2.38. The van der Waals surface area contributed by atoms with Crippen LogP contribution >= 0.6 is 0 Å². The molecule has 0 radical (unpaired) electrons. The smallest absolute Gasteiger partial charge is 0.220 e. The molecule has 1 unspecified atom stereocenters. The van der Waals surface area contributed by atoms with E-state index >= 15 is 0 Å². The Labute approximate surface area is 124 Å². The molecule has 2 aromatic rings. The number of benzene rings is 2. The second-order valence-electron chi connectivity index (χ2n) is 5.63. The van der Waals surface area contributed by atoms with E-state index in [0.717, 1.165) is 11.1 Å². The Bertz CT molecular complexity index is 560. The highest BCUT2D eigenvalue weighted by Gasteiger charge is 2.41. The van der Waals surface area contributed by atoms with Crippen LogP contribution in [0.1, 0.15) is 29.9 Å². The lowest BCUT2D eigenvalue weighted by Crippen LogP contribution is -2.52. The van der Waals surface area contributed by atoms with Crippen molar-refractivity contribution in [1.82, 2.24) is 5.32 Å². The molecule has 1 aliphatic heterocycles. The van der Waals surface area contributed by atoms with Crippen LogP contribution in [-0.4, -0.2) is 23.2 Å². The van der Waals surface area contributed by atoms with Gasteiger partial charge in [-0.15, -0.1) is 0 Å². The average Bonchev–Trinajstić information content (AvgIpc) is 2.53. The van der Waals surface area contributed by atoms with Gasteiger partial charge >= 0.3 is 0 Å². The summed E-state index contributed by atoms with van der Waals surface area (Å²) in [5.74, 6) is -0.125. The van der Waals surface area contributed by atoms with Gasteiger partial charge in [0, 0.05) is 18.9 Å². The highest BCUT2D eigenvalue weighted by molar-refractivity contribution is 5.77. The zero-order valence-corrected chi connectivity index (χ0v) is 11.8. The van der Waals surface area contributed by atoms with Crippen LogP contribution in [0, 0.1) is 0 Å². The van der Waals surface area contributed by atoms with Gasteiger partial charge in [-0.1, -0.05) is 60.7 Å². The Morgan fingerprint density at radius 3 is 1.90 bits per heavy atom. The van der Waals surface area contributed by atoms with Crippen molar-refractivity contribution in [2.45, 2.75) is 24.4 Å². The van der Waals surface area contributed by atoms with E-state index in [1.165, 1.54) is 0 Å². The summed E-state index contributed by atoms with van der Waals surface area (Å²) in [4.78, 5) is 11.4. The lowest BCUT2D eigenvalue weighted by Gasteiger charge is -2.39. The molecule has 0 aromatic heterocycles. The van der Waals surface area contributed by atoms with Gasteiger partial charge in [0.05, 0.1) is 5.60 Å². The number of nitrogens with one attached hydrogen (secondary N) is 1. The average molecular weight is 281 g/mol. The van der Waals surface area contributed by atoms with E-state index in [-0.39, 0.29) is 11.8 Å². The third-order valence-electron chi connectivity index (χ3n) is 4.18. The van der Waals surface area contributed by atoms with E-state index in [1.54, 1.807) is 0 Å². The zero-order valence-electron chi connectivity index (χ0n) is 11.8. The minimum atomic E-state index is -0.948. The first kappa shape index (κ1) is 13.8. The monoisotopic (exact) mass is 281 g/mol. The van der Waals surface area contributed by atoms with Crippen LogP contribution in [0.15, 0.2) is 60.7 Å². The molecule has 1 fully saturated rings. The van der Waals surface area contributed by atoms with Gasteiger partial charge in [0.1, 0.15) is 0 Å². The van der Waals surface area contributed by atoms with Crippen LogP contribution in [0.5, 0.6) is 0 Å². The molecule has 21 heavy (non-hydrogen) atoms. The number of rotatable bonds is 3. The fourth-order valence-electron chi connectivity index (χ4n) is 3.11.